The first-order valence-corrected chi connectivity index (χ1v) is 9.57. The van der Waals surface area contributed by atoms with Crippen molar-refractivity contribution in [3.05, 3.63) is 48.3 Å². The first-order chi connectivity index (χ1) is 16.1. The summed E-state index contributed by atoms with van der Waals surface area (Å²) in [4.78, 5) is 25.2. The molecule has 3 aromatic heterocycles. The Bertz CT molecular complexity index is 1280. The number of hydrogen-bond donors (Lipinski definition) is 3. The van der Waals surface area contributed by atoms with Gasteiger partial charge in [0.25, 0.3) is 11.8 Å². The van der Waals surface area contributed by atoms with Crippen molar-refractivity contribution in [2.24, 2.45) is 5.73 Å². The van der Waals surface area contributed by atoms with Crippen LogP contribution in [0.3, 0.4) is 0 Å². The maximum atomic E-state index is 12.3. The zero-order chi connectivity index (χ0) is 23.2. The van der Waals surface area contributed by atoms with E-state index in [0.717, 1.165) is 0 Å². The summed E-state index contributed by atoms with van der Waals surface area (Å²) in [6.07, 6.45) is 1.51. The topological polar surface area (TPSA) is 184 Å². The second-order valence-electron chi connectivity index (χ2n) is 6.40. The van der Waals surface area contributed by atoms with E-state index >= 15 is 0 Å². The van der Waals surface area contributed by atoms with Crippen molar-refractivity contribution in [2.45, 2.75) is 0 Å². The minimum absolute atomic E-state index is 0. The molecule has 0 atom stereocenters. The first kappa shape index (κ1) is 28.6. The number of aliphatic hydroxyl groups excluding tert-OH is 1. The molecular formula is C20H20N8Na2O5. The van der Waals surface area contributed by atoms with E-state index in [1.54, 1.807) is 36.4 Å². The van der Waals surface area contributed by atoms with Crippen LogP contribution in [0, 0.1) is 0 Å². The van der Waals surface area contributed by atoms with E-state index in [-0.39, 0.29) is 101 Å². The molecule has 4 aromatic rings. The van der Waals surface area contributed by atoms with Gasteiger partial charge in [-0.2, -0.15) is 4.98 Å². The number of nitrogens with two attached hydrogens (primary N) is 1. The van der Waals surface area contributed by atoms with Crippen molar-refractivity contribution < 1.29 is 24.1 Å². The molecule has 0 aliphatic carbocycles. The number of primary amides is 1. The number of benzene rings is 1. The number of aromatic amines is 1. The summed E-state index contributed by atoms with van der Waals surface area (Å²) in [6, 6.07) is 10.0. The molecule has 0 aliphatic rings. The number of rotatable bonds is 9. The number of ether oxygens (including phenoxy) is 3. The summed E-state index contributed by atoms with van der Waals surface area (Å²) in [6.45, 7) is -0.403. The van der Waals surface area contributed by atoms with E-state index in [4.69, 9.17) is 19.9 Å². The van der Waals surface area contributed by atoms with Crippen LogP contribution in [-0.4, -0.2) is 126 Å². The number of amides is 1. The van der Waals surface area contributed by atoms with Crippen LogP contribution in [0.5, 0.6) is 23.1 Å². The monoisotopic (exact) mass is 498 g/mol. The van der Waals surface area contributed by atoms with Crippen molar-refractivity contribution in [3.8, 4) is 46.0 Å². The van der Waals surface area contributed by atoms with Gasteiger partial charge in [-0.05, 0) is 34.7 Å². The van der Waals surface area contributed by atoms with Gasteiger partial charge < -0.3 is 25.1 Å². The Morgan fingerprint density at radius 2 is 1.91 bits per heavy atom. The number of pyridine rings is 1. The average Bonchev–Trinajstić information content (AvgIpc) is 3.38. The van der Waals surface area contributed by atoms with Crippen LogP contribution in [0.1, 0.15) is 10.5 Å². The Morgan fingerprint density at radius 3 is 2.57 bits per heavy atom. The molecule has 0 saturated carbocycles. The number of nitrogens with zero attached hydrogens (tertiary/aromatic N) is 6. The number of hydrogen-bond acceptors (Lipinski definition) is 11. The van der Waals surface area contributed by atoms with Crippen LogP contribution in [0.15, 0.2) is 42.6 Å². The van der Waals surface area contributed by atoms with Crippen molar-refractivity contribution in [3.63, 3.8) is 0 Å². The average molecular weight is 498 g/mol. The molecule has 0 bridgehead atoms. The summed E-state index contributed by atoms with van der Waals surface area (Å²) >= 11 is 0. The number of aliphatic hydroxyl groups is 1. The van der Waals surface area contributed by atoms with E-state index in [0.29, 0.717) is 22.8 Å². The fourth-order valence-electron chi connectivity index (χ4n) is 2.84. The van der Waals surface area contributed by atoms with Gasteiger partial charge in [-0.25, -0.2) is 10.1 Å². The third kappa shape index (κ3) is 6.73. The summed E-state index contributed by atoms with van der Waals surface area (Å²) in [7, 11) is 1.48. The van der Waals surface area contributed by atoms with Crippen LogP contribution in [0.2, 0.25) is 0 Å². The molecule has 3 heterocycles. The summed E-state index contributed by atoms with van der Waals surface area (Å²) in [5, 5.41) is 22.7. The SMILES string of the molecule is COc1ccccc1Oc1c(OCCO)nc(-c2ccnc(-c3nnn[nH]3)c2)nc1C(N)=O.[NaH].[NaH]. The second kappa shape index (κ2) is 13.4. The molecule has 35 heavy (non-hydrogen) atoms. The van der Waals surface area contributed by atoms with Gasteiger partial charge in [0, 0.05) is 11.8 Å². The van der Waals surface area contributed by atoms with Gasteiger partial charge in [-0.1, -0.05) is 12.1 Å². The molecule has 13 nitrogen and oxygen atoms in total. The van der Waals surface area contributed by atoms with Crippen LogP contribution in [-0.2, 0) is 0 Å². The Labute approximate surface area is 243 Å². The van der Waals surface area contributed by atoms with Crippen molar-refractivity contribution in [2.75, 3.05) is 20.3 Å². The van der Waals surface area contributed by atoms with Gasteiger partial charge in [0.2, 0.25) is 5.75 Å². The fourth-order valence-corrected chi connectivity index (χ4v) is 2.84. The van der Waals surface area contributed by atoms with Gasteiger partial charge in [-0.15, -0.1) is 5.10 Å². The molecule has 0 aliphatic heterocycles. The molecule has 0 radical (unpaired) electrons. The van der Waals surface area contributed by atoms with Crippen molar-refractivity contribution >= 4 is 65.0 Å². The Hall–Kier alpha value is -2.65. The van der Waals surface area contributed by atoms with Crippen LogP contribution in [0.25, 0.3) is 22.9 Å². The third-order valence-corrected chi connectivity index (χ3v) is 4.29. The number of tetrazole rings is 1. The third-order valence-electron chi connectivity index (χ3n) is 4.29. The van der Waals surface area contributed by atoms with Crippen LogP contribution < -0.4 is 19.9 Å². The fraction of sp³-hybridized carbons (Fsp3) is 0.150. The molecule has 172 valence electrons. The van der Waals surface area contributed by atoms with E-state index in [1.165, 1.54) is 13.3 Å². The normalized spacial score (nSPS) is 10.0. The first-order valence-electron chi connectivity index (χ1n) is 9.57. The number of para-hydroxylation sites is 2. The van der Waals surface area contributed by atoms with Gasteiger partial charge in [0.1, 0.15) is 12.3 Å². The van der Waals surface area contributed by atoms with E-state index in [1.807, 2.05) is 0 Å². The van der Waals surface area contributed by atoms with Gasteiger partial charge in [0.05, 0.1) is 13.7 Å². The minimum atomic E-state index is -0.869. The summed E-state index contributed by atoms with van der Waals surface area (Å²) < 4.78 is 16.7. The van der Waals surface area contributed by atoms with Crippen molar-refractivity contribution in [1.82, 2.24) is 35.6 Å². The van der Waals surface area contributed by atoms with Gasteiger partial charge in [0.15, 0.2) is 28.8 Å². The number of H-pyrrole nitrogens is 1. The van der Waals surface area contributed by atoms with E-state index in [2.05, 4.69) is 35.6 Å². The van der Waals surface area contributed by atoms with Crippen LogP contribution >= 0.6 is 0 Å². The van der Waals surface area contributed by atoms with Crippen LogP contribution in [0.4, 0.5) is 0 Å². The molecule has 0 spiro atoms. The predicted molar refractivity (Wildman–Crippen MR) is 127 cm³/mol. The maximum absolute atomic E-state index is 12.3. The van der Waals surface area contributed by atoms with E-state index in [9.17, 15) is 9.90 Å². The molecule has 1 aromatic carbocycles. The molecule has 1 amide bonds. The molecule has 4 rings (SSSR count). The van der Waals surface area contributed by atoms with Crippen molar-refractivity contribution in [1.29, 1.82) is 0 Å². The quantitative estimate of drug-likeness (QED) is 0.257. The zero-order valence-corrected chi connectivity index (χ0v) is 17.3. The molecule has 0 fully saturated rings. The Kier molecular flexibility index (Phi) is 11.0. The Morgan fingerprint density at radius 1 is 1.14 bits per heavy atom. The number of carbonyl (C=O) groups is 1. The summed E-state index contributed by atoms with van der Waals surface area (Å²) in [5.41, 5.74) is 6.29. The molecule has 0 saturated heterocycles. The summed E-state index contributed by atoms with van der Waals surface area (Å²) in [5.74, 6) is 0.0684. The zero-order valence-electron chi connectivity index (χ0n) is 17.3. The van der Waals surface area contributed by atoms with Gasteiger partial charge >= 0.3 is 59.1 Å². The molecular weight excluding hydrogens is 478 g/mol. The van der Waals surface area contributed by atoms with E-state index < -0.39 is 5.91 Å². The molecule has 0 unspecified atom stereocenters. The van der Waals surface area contributed by atoms with Gasteiger partial charge in [-0.3, -0.25) is 9.78 Å². The number of methoxy groups -OCH3 is 1. The number of carbonyl (C=O) groups excluding carboxylic acids is 1. The number of aromatic nitrogens is 7. The molecule has 4 N–H and O–H groups in total. The predicted octanol–water partition coefficient (Wildman–Crippen LogP) is -0.307. The number of nitrogens with one attached hydrogen (secondary N) is 1. The standard InChI is InChI=1S/C20H18N8O5.2Na.2H/c1-31-13-4-2-3-5-14(13)33-16-15(17(21)30)23-18(24-20(16)32-9-8-29)11-6-7-22-12(10-11)19-25-27-28-26-19;;;;/h2-7,10,29H,8-9H2,1H3,(H2,21,30)(H,25,26,27,28);;;;. The molecule has 15 heteroatoms. The Balaban J connectivity index is 0.00000216. The second-order valence-corrected chi connectivity index (χ2v) is 6.40.